The summed E-state index contributed by atoms with van der Waals surface area (Å²) in [5.74, 6) is -1.11. The van der Waals surface area contributed by atoms with Gasteiger partial charge in [0.1, 0.15) is 17.7 Å². The smallest absolute Gasteiger partial charge is 0.408 e. The van der Waals surface area contributed by atoms with Crippen molar-refractivity contribution in [3.05, 3.63) is 0 Å². The fraction of sp³-hybridized carbons (Fsp3) is 0.765. The number of nitrogens with zero attached hydrogens (tertiary/aromatic N) is 1. The molecule has 0 bridgehead atoms. The molecule has 1 rings (SSSR count). The van der Waals surface area contributed by atoms with Crippen molar-refractivity contribution >= 4 is 23.8 Å². The van der Waals surface area contributed by atoms with E-state index < -0.39 is 35.6 Å². The topological polar surface area (TPSA) is 131 Å². The summed E-state index contributed by atoms with van der Waals surface area (Å²) in [4.78, 5) is 49.3. The van der Waals surface area contributed by atoms with E-state index in [1.165, 1.54) is 4.90 Å². The minimum absolute atomic E-state index is 0.148. The molecule has 1 saturated heterocycles. The van der Waals surface area contributed by atoms with Crippen LogP contribution in [-0.2, 0) is 19.1 Å². The largest absolute Gasteiger partial charge is 0.444 e. The summed E-state index contributed by atoms with van der Waals surface area (Å²) < 4.78 is 5.20. The van der Waals surface area contributed by atoms with Gasteiger partial charge < -0.3 is 26.0 Å². The maximum Gasteiger partial charge on any atom is 0.408 e. The highest BCUT2D eigenvalue weighted by atomic mass is 16.6. The van der Waals surface area contributed by atoms with Crippen LogP contribution >= 0.6 is 0 Å². The van der Waals surface area contributed by atoms with Crippen molar-refractivity contribution in [2.45, 2.75) is 71.1 Å². The zero-order chi connectivity index (χ0) is 19.9. The highest BCUT2D eigenvalue weighted by Crippen LogP contribution is 2.19. The number of primary amides is 1. The van der Waals surface area contributed by atoms with E-state index in [4.69, 9.17) is 10.5 Å². The lowest BCUT2D eigenvalue weighted by atomic mass is 10.1. The molecule has 1 aliphatic heterocycles. The molecule has 4 N–H and O–H groups in total. The lowest BCUT2D eigenvalue weighted by Gasteiger charge is -2.28. The molecule has 26 heavy (non-hydrogen) atoms. The fourth-order valence-corrected chi connectivity index (χ4v) is 2.71. The number of carbonyl (C=O) groups is 4. The number of likely N-dealkylation sites (tertiary alicyclic amines) is 1. The van der Waals surface area contributed by atoms with Gasteiger partial charge in [-0.05, 0) is 40.0 Å². The molecule has 1 fully saturated rings. The number of nitrogens with one attached hydrogen (secondary N) is 2. The van der Waals surface area contributed by atoms with Crippen LogP contribution in [0.25, 0.3) is 0 Å². The van der Waals surface area contributed by atoms with Crippen LogP contribution in [-0.4, -0.2) is 59.5 Å². The van der Waals surface area contributed by atoms with Gasteiger partial charge in [0.25, 0.3) is 0 Å². The zero-order valence-electron chi connectivity index (χ0n) is 16.0. The standard InChI is InChI=1S/C17H30N4O5/c1-5-13(22)19-9-8-11(20-16(25)26-17(2,3)4)15(24)21-10-6-7-12(21)14(18)23/h11-12H,5-10H2,1-4H3,(H2,18,23)(H,19,22)(H,20,25). The van der Waals surface area contributed by atoms with Crippen molar-refractivity contribution in [2.75, 3.05) is 13.1 Å². The summed E-state index contributed by atoms with van der Waals surface area (Å²) in [6.07, 6.45) is 0.963. The number of amides is 4. The Morgan fingerprint density at radius 3 is 2.46 bits per heavy atom. The first kappa shape index (κ1) is 21.7. The Morgan fingerprint density at radius 1 is 1.27 bits per heavy atom. The summed E-state index contributed by atoms with van der Waals surface area (Å²) in [6, 6.07) is -1.59. The summed E-state index contributed by atoms with van der Waals surface area (Å²) >= 11 is 0. The molecule has 2 atom stereocenters. The van der Waals surface area contributed by atoms with E-state index in [0.29, 0.717) is 25.8 Å². The van der Waals surface area contributed by atoms with E-state index in [0.717, 1.165) is 0 Å². The quantitative estimate of drug-likeness (QED) is 0.592. The lowest BCUT2D eigenvalue weighted by molar-refractivity contribution is -0.139. The average molecular weight is 370 g/mol. The van der Waals surface area contributed by atoms with Gasteiger partial charge in [0.2, 0.25) is 17.7 Å². The van der Waals surface area contributed by atoms with Crippen LogP contribution in [0.4, 0.5) is 4.79 Å². The molecule has 0 aromatic rings. The summed E-state index contributed by atoms with van der Waals surface area (Å²) in [6.45, 7) is 7.49. The highest BCUT2D eigenvalue weighted by Gasteiger charge is 2.37. The second-order valence-electron chi connectivity index (χ2n) is 7.28. The Labute approximate surface area is 154 Å². The Morgan fingerprint density at radius 2 is 1.92 bits per heavy atom. The van der Waals surface area contributed by atoms with Gasteiger partial charge >= 0.3 is 6.09 Å². The minimum Gasteiger partial charge on any atom is -0.444 e. The molecule has 1 heterocycles. The number of hydrogen-bond donors (Lipinski definition) is 3. The van der Waals surface area contributed by atoms with Crippen molar-refractivity contribution < 1.29 is 23.9 Å². The van der Waals surface area contributed by atoms with E-state index in [9.17, 15) is 19.2 Å². The van der Waals surface area contributed by atoms with Crippen LogP contribution in [0.15, 0.2) is 0 Å². The number of hydrogen-bond acceptors (Lipinski definition) is 5. The second kappa shape index (κ2) is 9.40. The molecule has 0 aromatic carbocycles. The Kier molecular flexibility index (Phi) is 7.85. The van der Waals surface area contributed by atoms with Crippen LogP contribution in [0.2, 0.25) is 0 Å². The summed E-state index contributed by atoms with van der Waals surface area (Å²) in [5.41, 5.74) is 4.66. The Bertz CT molecular complexity index is 544. The molecule has 9 nitrogen and oxygen atoms in total. The van der Waals surface area contributed by atoms with Gasteiger partial charge in [-0.1, -0.05) is 6.92 Å². The average Bonchev–Trinajstić information content (AvgIpc) is 3.01. The van der Waals surface area contributed by atoms with Crippen molar-refractivity contribution in [3.63, 3.8) is 0 Å². The van der Waals surface area contributed by atoms with Crippen LogP contribution in [0.5, 0.6) is 0 Å². The first-order valence-corrected chi connectivity index (χ1v) is 8.91. The molecule has 9 heteroatoms. The molecule has 0 spiro atoms. The zero-order valence-corrected chi connectivity index (χ0v) is 16.0. The van der Waals surface area contributed by atoms with Crippen molar-refractivity contribution in [2.24, 2.45) is 5.73 Å². The highest BCUT2D eigenvalue weighted by molar-refractivity contribution is 5.91. The maximum absolute atomic E-state index is 12.8. The van der Waals surface area contributed by atoms with Crippen LogP contribution in [0, 0.1) is 0 Å². The fourth-order valence-electron chi connectivity index (χ4n) is 2.71. The van der Waals surface area contributed by atoms with E-state index in [2.05, 4.69) is 10.6 Å². The third-order valence-electron chi connectivity index (χ3n) is 3.93. The van der Waals surface area contributed by atoms with Crippen LogP contribution in [0.3, 0.4) is 0 Å². The van der Waals surface area contributed by atoms with Gasteiger partial charge in [-0.2, -0.15) is 0 Å². The molecule has 0 aliphatic carbocycles. The van der Waals surface area contributed by atoms with Gasteiger partial charge in [-0.3, -0.25) is 14.4 Å². The van der Waals surface area contributed by atoms with E-state index in [1.807, 2.05) is 0 Å². The number of rotatable bonds is 7. The summed E-state index contributed by atoms with van der Waals surface area (Å²) in [7, 11) is 0. The molecule has 148 valence electrons. The van der Waals surface area contributed by atoms with E-state index >= 15 is 0 Å². The number of alkyl carbamates (subject to hydrolysis) is 1. The third kappa shape index (κ3) is 6.89. The molecule has 0 radical (unpaired) electrons. The molecule has 4 amide bonds. The number of carbonyl (C=O) groups excluding carboxylic acids is 4. The molecule has 0 saturated carbocycles. The third-order valence-corrected chi connectivity index (χ3v) is 3.93. The molecule has 2 unspecified atom stereocenters. The maximum atomic E-state index is 12.8. The SMILES string of the molecule is CCC(=O)NCCC(NC(=O)OC(C)(C)C)C(=O)N1CCCC1C(N)=O. The number of ether oxygens (including phenoxy) is 1. The van der Waals surface area contributed by atoms with Gasteiger partial charge in [-0.15, -0.1) is 0 Å². The normalized spacial score (nSPS) is 18.2. The lowest BCUT2D eigenvalue weighted by Crippen LogP contribution is -2.54. The number of nitrogens with two attached hydrogens (primary N) is 1. The monoisotopic (exact) mass is 370 g/mol. The molecule has 0 aromatic heterocycles. The predicted octanol–water partition coefficient (Wildman–Crippen LogP) is 0.272. The van der Waals surface area contributed by atoms with Crippen LogP contribution in [0.1, 0.15) is 53.4 Å². The van der Waals surface area contributed by atoms with E-state index in [1.54, 1.807) is 27.7 Å². The predicted molar refractivity (Wildman–Crippen MR) is 95.0 cm³/mol. The van der Waals surface area contributed by atoms with Gasteiger partial charge in [-0.25, -0.2) is 4.79 Å². The molecular formula is C17H30N4O5. The summed E-state index contributed by atoms with van der Waals surface area (Å²) in [5, 5.41) is 5.22. The van der Waals surface area contributed by atoms with E-state index in [-0.39, 0.29) is 18.9 Å². The first-order chi connectivity index (χ1) is 12.0. The van der Waals surface area contributed by atoms with Crippen molar-refractivity contribution in [1.82, 2.24) is 15.5 Å². The Hall–Kier alpha value is -2.32. The minimum atomic E-state index is -0.915. The molecule has 1 aliphatic rings. The van der Waals surface area contributed by atoms with Gasteiger partial charge in [0.05, 0.1) is 0 Å². The first-order valence-electron chi connectivity index (χ1n) is 8.91. The van der Waals surface area contributed by atoms with Gasteiger partial charge in [0, 0.05) is 19.5 Å². The second-order valence-corrected chi connectivity index (χ2v) is 7.28. The van der Waals surface area contributed by atoms with Gasteiger partial charge in [0.15, 0.2) is 0 Å². The molecular weight excluding hydrogens is 340 g/mol. The Balaban J connectivity index is 2.81. The van der Waals surface area contributed by atoms with Crippen LogP contribution < -0.4 is 16.4 Å². The van der Waals surface area contributed by atoms with Crippen molar-refractivity contribution in [1.29, 1.82) is 0 Å². The van der Waals surface area contributed by atoms with Crippen molar-refractivity contribution in [3.8, 4) is 0 Å².